The lowest BCUT2D eigenvalue weighted by Crippen LogP contribution is -2.06. The van der Waals surface area contributed by atoms with Gasteiger partial charge in [0.05, 0.1) is 49.8 Å². The topological polar surface area (TPSA) is 32.6 Å². The van der Waals surface area contributed by atoms with Gasteiger partial charge in [0.1, 0.15) is 11.6 Å². The Morgan fingerprint density at radius 3 is 0.914 bits per heavy atom. The summed E-state index contributed by atoms with van der Waals surface area (Å²) in [5.41, 5.74) is 15.8. The highest BCUT2D eigenvalue weighted by Gasteiger charge is 2.24. The number of nitrogens with zero attached hydrogens (tertiary/aromatic N) is 5. The standard InChI is InChI=1S/C65H41N5/c1-9-27-54-46(18-1)47-19-2-10-28-55(47)67(54)44-38-36-42(37-39-44)45-26-17-35-62(68-56-29-11-3-20-48(56)49-21-4-12-30-57(49)68)65(45)43-40-63(69-58-31-13-5-22-50(58)51-23-6-14-32-59(51)69)66-64(41-43)70-60-33-15-7-24-52(60)53-25-8-16-34-61(53)70/h1-41H. The van der Waals surface area contributed by atoms with Crippen LogP contribution in [0.4, 0.5) is 0 Å². The normalized spacial score (nSPS) is 12.0. The molecule has 326 valence electrons. The third-order valence-corrected chi connectivity index (χ3v) is 14.6. The largest absolute Gasteiger partial charge is 0.309 e. The first kappa shape index (κ1) is 38.6. The number of para-hydroxylation sites is 8. The lowest BCUT2D eigenvalue weighted by atomic mass is 9.92. The van der Waals surface area contributed by atoms with E-state index in [1.54, 1.807) is 0 Å². The van der Waals surface area contributed by atoms with Crippen LogP contribution in [-0.2, 0) is 0 Å². The van der Waals surface area contributed by atoms with Crippen molar-refractivity contribution in [3.8, 4) is 45.3 Å². The highest BCUT2D eigenvalue weighted by Crippen LogP contribution is 2.44. The Bertz CT molecular complexity index is 4250. The van der Waals surface area contributed by atoms with Crippen molar-refractivity contribution in [1.29, 1.82) is 0 Å². The Morgan fingerprint density at radius 1 is 0.243 bits per heavy atom. The molecule has 0 saturated carbocycles. The summed E-state index contributed by atoms with van der Waals surface area (Å²) in [6, 6.07) is 90.5. The van der Waals surface area contributed by atoms with Crippen LogP contribution in [0.25, 0.3) is 132 Å². The minimum Gasteiger partial charge on any atom is -0.309 e. The molecule has 0 unspecified atom stereocenters. The summed E-state index contributed by atoms with van der Waals surface area (Å²) in [6.07, 6.45) is 0. The lowest BCUT2D eigenvalue weighted by Gasteiger charge is -2.21. The van der Waals surface area contributed by atoms with Crippen molar-refractivity contribution in [2.45, 2.75) is 0 Å². The fourth-order valence-corrected chi connectivity index (χ4v) is 11.7. The highest BCUT2D eigenvalue weighted by atomic mass is 15.1. The molecule has 70 heavy (non-hydrogen) atoms. The molecule has 0 saturated heterocycles. The third-order valence-electron chi connectivity index (χ3n) is 14.6. The summed E-state index contributed by atoms with van der Waals surface area (Å²) in [5, 5.41) is 9.71. The second-order valence-corrected chi connectivity index (χ2v) is 18.3. The summed E-state index contributed by atoms with van der Waals surface area (Å²) >= 11 is 0. The quantitative estimate of drug-likeness (QED) is 0.164. The Balaban J connectivity index is 1.06. The van der Waals surface area contributed by atoms with Gasteiger partial charge in [-0.15, -0.1) is 0 Å². The fourth-order valence-electron chi connectivity index (χ4n) is 11.7. The summed E-state index contributed by atoms with van der Waals surface area (Å²) in [5.74, 6) is 1.69. The molecule has 0 aliphatic heterocycles. The van der Waals surface area contributed by atoms with Crippen LogP contribution in [0.5, 0.6) is 0 Å². The van der Waals surface area contributed by atoms with Crippen molar-refractivity contribution in [2.75, 3.05) is 0 Å². The molecule has 0 N–H and O–H groups in total. The van der Waals surface area contributed by atoms with E-state index in [0.29, 0.717) is 0 Å². The maximum atomic E-state index is 5.75. The van der Waals surface area contributed by atoms with E-state index in [1.807, 2.05) is 0 Å². The number of hydrogen-bond donors (Lipinski definition) is 0. The molecule has 15 aromatic rings. The van der Waals surface area contributed by atoms with Gasteiger partial charge in [0.2, 0.25) is 0 Å². The second kappa shape index (κ2) is 15.0. The van der Waals surface area contributed by atoms with Crippen LogP contribution in [-0.4, -0.2) is 23.3 Å². The summed E-state index contributed by atoms with van der Waals surface area (Å²) in [4.78, 5) is 5.75. The van der Waals surface area contributed by atoms with Crippen molar-refractivity contribution in [1.82, 2.24) is 23.3 Å². The van der Waals surface area contributed by atoms with Crippen LogP contribution >= 0.6 is 0 Å². The molecule has 0 aliphatic rings. The van der Waals surface area contributed by atoms with Gasteiger partial charge in [-0.25, -0.2) is 4.98 Å². The number of aromatic nitrogens is 5. The number of hydrogen-bond acceptors (Lipinski definition) is 1. The fraction of sp³-hybridized carbons (Fsp3) is 0. The third kappa shape index (κ3) is 5.57. The minimum atomic E-state index is 0.844. The average molecular weight is 892 g/mol. The van der Waals surface area contributed by atoms with Crippen LogP contribution < -0.4 is 0 Å². The molecule has 0 fully saturated rings. The molecule has 0 amide bonds. The molecule has 5 nitrogen and oxygen atoms in total. The number of pyridine rings is 1. The molecule has 0 bridgehead atoms. The zero-order valence-electron chi connectivity index (χ0n) is 37.9. The van der Waals surface area contributed by atoms with Gasteiger partial charge in [0.15, 0.2) is 0 Å². The molecule has 0 spiro atoms. The summed E-state index contributed by atoms with van der Waals surface area (Å²) < 4.78 is 9.57. The predicted octanol–water partition coefficient (Wildman–Crippen LogP) is 16.8. The zero-order chi connectivity index (χ0) is 45.9. The first-order chi connectivity index (χ1) is 34.8. The van der Waals surface area contributed by atoms with E-state index in [1.165, 1.54) is 54.1 Å². The summed E-state index contributed by atoms with van der Waals surface area (Å²) in [6.45, 7) is 0. The first-order valence-electron chi connectivity index (χ1n) is 24.0. The van der Waals surface area contributed by atoms with Crippen LogP contribution in [0.1, 0.15) is 0 Å². The molecule has 5 aromatic heterocycles. The van der Waals surface area contributed by atoms with Crippen LogP contribution in [0.3, 0.4) is 0 Å². The molecule has 10 aromatic carbocycles. The minimum absolute atomic E-state index is 0.844. The molecular weight excluding hydrogens is 851 g/mol. The Labute approximate surface area is 402 Å². The van der Waals surface area contributed by atoms with Gasteiger partial charge < -0.3 is 9.13 Å². The van der Waals surface area contributed by atoms with Gasteiger partial charge in [-0.2, -0.15) is 0 Å². The Morgan fingerprint density at radius 2 is 0.557 bits per heavy atom. The lowest BCUT2D eigenvalue weighted by molar-refractivity contribution is 1.01. The van der Waals surface area contributed by atoms with Crippen molar-refractivity contribution in [3.63, 3.8) is 0 Å². The monoisotopic (exact) mass is 891 g/mol. The predicted molar refractivity (Wildman–Crippen MR) is 292 cm³/mol. The maximum absolute atomic E-state index is 5.75. The van der Waals surface area contributed by atoms with E-state index in [4.69, 9.17) is 4.98 Å². The van der Waals surface area contributed by atoms with E-state index in [9.17, 15) is 0 Å². The summed E-state index contributed by atoms with van der Waals surface area (Å²) in [7, 11) is 0. The van der Waals surface area contributed by atoms with Crippen LogP contribution in [0.15, 0.2) is 249 Å². The van der Waals surface area contributed by atoms with Crippen LogP contribution in [0, 0.1) is 0 Å². The Kier molecular flexibility index (Phi) is 8.29. The molecular formula is C65H41N5. The second-order valence-electron chi connectivity index (χ2n) is 18.3. The highest BCUT2D eigenvalue weighted by molar-refractivity contribution is 6.13. The van der Waals surface area contributed by atoms with Gasteiger partial charge in [-0.3, -0.25) is 9.13 Å². The van der Waals surface area contributed by atoms with E-state index in [-0.39, 0.29) is 0 Å². The zero-order valence-corrected chi connectivity index (χ0v) is 37.9. The smallest absolute Gasteiger partial charge is 0.140 e. The molecule has 5 heterocycles. The van der Waals surface area contributed by atoms with Gasteiger partial charge in [-0.05, 0) is 95.6 Å². The van der Waals surface area contributed by atoms with E-state index in [0.717, 1.165) is 78.4 Å². The molecule has 0 aliphatic carbocycles. The van der Waals surface area contributed by atoms with Gasteiger partial charge in [0.25, 0.3) is 0 Å². The average Bonchev–Trinajstić information content (AvgIpc) is 4.16. The number of benzene rings is 10. The van der Waals surface area contributed by atoms with Crippen molar-refractivity contribution < 1.29 is 0 Å². The molecule has 0 radical (unpaired) electrons. The van der Waals surface area contributed by atoms with Gasteiger partial charge in [0, 0.05) is 54.3 Å². The van der Waals surface area contributed by atoms with E-state index >= 15 is 0 Å². The van der Waals surface area contributed by atoms with Crippen molar-refractivity contribution in [2.24, 2.45) is 0 Å². The van der Waals surface area contributed by atoms with Crippen LogP contribution in [0.2, 0.25) is 0 Å². The molecule has 15 rings (SSSR count). The van der Waals surface area contributed by atoms with Gasteiger partial charge in [-0.1, -0.05) is 170 Å². The molecule has 0 atom stereocenters. The van der Waals surface area contributed by atoms with Crippen molar-refractivity contribution in [3.05, 3.63) is 249 Å². The number of fused-ring (bicyclic) bond motifs is 12. The van der Waals surface area contributed by atoms with E-state index < -0.39 is 0 Å². The van der Waals surface area contributed by atoms with Crippen molar-refractivity contribution >= 4 is 87.2 Å². The number of rotatable bonds is 6. The first-order valence-corrected chi connectivity index (χ1v) is 24.0. The van der Waals surface area contributed by atoms with Gasteiger partial charge >= 0.3 is 0 Å². The maximum Gasteiger partial charge on any atom is 0.140 e. The van der Waals surface area contributed by atoms with E-state index in [2.05, 4.69) is 267 Å². The molecule has 5 heteroatoms. The SMILES string of the molecule is c1cc(-c2ccc(-n3c4ccccc4c4ccccc43)cc2)c(-c2cc(-n3c4ccccc4c4ccccc43)nc(-n3c4ccccc4c4ccccc43)c2)c(-n2c3ccccc3c3ccccc32)c1. The Hall–Kier alpha value is -9.45.